The van der Waals surface area contributed by atoms with E-state index in [0.717, 1.165) is 19.4 Å². The van der Waals surface area contributed by atoms with E-state index in [1.807, 2.05) is 0 Å². The van der Waals surface area contributed by atoms with E-state index in [9.17, 15) is 4.79 Å². The number of thiol groups is 1. The first-order valence-corrected chi connectivity index (χ1v) is 4.26. The van der Waals surface area contributed by atoms with Crippen LogP contribution in [0.3, 0.4) is 0 Å². The smallest absolute Gasteiger partial charge is 0.320 e. The predicted octanol–water partition coefficient (Wildman–Crippen LogP) is 0.210. The first-order chi connectivity index (χ1) is 5.25. The zero-order valence-corrected chi connectivity index (χ0v) is 7.43. The second kappa shape index (κ2) is 3.97. The summed E-state index contributed by atoms with van der Waals surface area (Å²) in [5.74, 6) is -0.243. The van der Waals surface area contributed by atoms with Gasteiger partial charge in [0.05, 0.1) is 7.11 Å². The molecular weight excluding hydrogens is 162 g/mol. The summed E-state index contributed by atoms with van der Waals surface area (Å²) in [6, 6.07) is 0.200. The summed E-state index contributed by atoms with van der Waals surface area (Å²) in [5, 5.41) is 2.89. The predicted molar refractivity (Wildman–Crippen MR) is 45.8 cm³/mol. The van der Waals surface area contributed by atoms with Gasteiger partial charge in [-0.15, -0.1) is 0 Å². The summed E-state index contributed by atoms with van der Waals surface area (Å²) in [5.41, 5.74) is 0. The van der Waals surface area contributed by atoms with Gasteiger partial charge in [-0.05, 0) is 19.4 Å². The molecule has 1 aliphatic rings. The number of carbonyl (C=O) groups is 1. The fourth-order valence-electron chi connectivity index (χ4n) is 1.27. The number of hydrogen-bond donors (Lipinski definition) is 2. The molecule has 1 saturated heterocycles. The lowest BCUT2D eigenvalue weighted by atomic mass is 10.1. The molecule has 0 aromatic heterocycles. The van der Waals surface area contributed by atoms with Crippen molar-refractivity contribution in [3.8, 4) is 0 Å². The summed E-state index contributed by atoms with van der Waals surface area (Å²) in [6.45, 7) is 0.985. The van der Waals surface area contributed by atoms with E-state index in [1.54, 1.807) is 0 Å². The quantitative estimate of drug-likeness (QED) is 0.465. The molecule has 11 heavy (non-hydrogen) atoms. The highest BCUT2D eigenvalue weighted by Crippen LogP contribution is 2.14. The molecule has 0 aromatic carbocycles. The first-order valence-electron chi connectivity index (χ1n) is 3.75. The van der Waals surface area contributed by atoms with Crippen molar-refractivity contribution in [2.24, 2.45) is 0 Å². The molecule has 3 nitrogen and oxygen atoms in total. The maximum Gasteiger partial charge on any atom is 0.320 e. The van der Waals surface area contributed by atoms with E-state index in [-0.39, 0.29) is 17.3 Å². The van der Waals surface area contributed by atoms with E-state index in [4.69, 9.17) is 0 Å². The molecule has 0 saturated carbocycles. The van der Waals surface area contributed by atoms with Crippen LogP contribution < -0.4 is 5.32 Å². The van der Waals surface area contributed by atoms with E-state index in [2.05, 4.69) is 22.7 Å². The van der Waals surface area contributed by atoms with Crippen molar-refractivity contribution < 1.29 is 9.53 Å². The molecule has 0 aliphatic carbocycles. The average molecular weight is 175 g/mol. The lowest BCUT2D eigenvalue weighted by molar-refractivity contribution is -0.140. The number of hydrogen-bond acceptors (Lipinski definition) is 4. The van der Waals surface area contributed by atoms with Crippen molar-refractivity contribution in [2.75, 3.05) is 13.7 Å². The van der Waals surface area contributed by atoms with Gasteiger partial charge in [0.1, 0.15) is 5.25 Å². The van der Waals surface area contributed by atoms with Crippen LogP contribution in [0.4, 0.5) is 0 Å². The third-order valence-electron chi connectivity index (χ3n) is 1.92. The normalized spacial score (nSPS) is 26.5. The first kappa shape index (κ1) is 8.87. The molecule has 1 aliphatic heterocycles. The minimum absolute atomic E-state index is 0.200. The summed E-state index contributed by atoms with van der Waals surface area (Å²) < 4.78 is 4.57. The van der Waals surface area contributed by atoms with Gasteiger partial charge in [-0.25, -0.2) is 0 Å². The Bertz CT molecular complexity index is 145. The van der Waals surface area contributed by atoms with Crippen LogP contribution in [0.2, 0.25) is 0 Å². The van der Waals surface area contributed by atoms with Crippen molar-refractivity contribution in [3.05, 3.63) is 0 Å². The maximum absolute atomic E-state index is 11.0. The summed E-state index contributed by atoms with van der Waals surface area (Å²) in [7, 11) is 1.39. The number of esters is 1. The van der Waals surface area contributed by atoms with Crippen LogP contribution in [0, 0.1) is 0 Å². The van der Waals surface area contributed by atoms with Crippen LogP contribution in [0.15, 0.2) is 0 Å². The van der Waals surface area contributed by atoms with E-state index >= 15 is 0 Å². The minimum Gasteiger partial charge on any atom is -0.468 e. The molecule has 1 rings (SSSR count). The SMILES string of the molecule is COC(=O)C(S)C1CCCN1. The standard InChI is InChI=1S/C7H13NO2S/c1-10-7(9)6(11)5-3-2-4-8-5/h5-6,8,11H,2-4H2,1H3. The maximum atomic E-state index is 11.0. The van der Waals surface area contributed by atoms with E-state index in [1.165, 1.54) is 7.11 Å². The van der Waals surface area contributed by atoms with Crippen molar-refractivity contribution in [1.29, 1.82) is 0 Å². The zero-order valence-electron chi connectivity index (χ0n) is 6.54. The highest BCUT2D eigenvalue weighted by molar-refractivity contribution is 7.81. The number of rotatable bonds is 2. The largest absolute Gasteiger partial charge is 0.468 e. The Morgan fingerprint density at radius 3 is 3.00 bits per heavy atom. The molecule has 4 heteroatoms. The second-order valence-corrected chi connectivity index (χ2v) is 3.23. The Morgan fingerprint density at radius 2 is 2.55 bits per heavy atom. The van der Waals surface area contributed by atoms with E-state index < -0.39 is 0 Å². The fraction of sp³-hybridized carbons (Fsp3) is 0.857. The molecule has 2 unspecified atom stereocenters. The molecule has 0 aromatic rings. The Labute approximate surface area is 71.9 Å². The van der Waals surface area contributed by atoms with Crippen molar-refractivity contribution >= 4 is 18.6 Å². The van der Waals surface area contributed by atoms with Crippen molar-refractivity contribution in [2.45, 2.75) is 24.1 Å². The lowest BCUT2D eigenvalue weighted by Crippen LogP contribution is -2.37. The van der Waals surface area contributed by atoms with Gasteiger partial charge in [-0.2, -0.15) is 12.6 Å². The molecule has 0 radical (unpaired) electrons. The number of methoxy groups -OCH3 is 1. The zero-order chi connectivity index (χ0) is 8.27. The van der Waals surface area contributed by atoms with Gasteiger partial charge >= 0.3 is 5.97 Å². The molecule has 1 N–H and O–H groups in total. The van der Waals surface area contributed by atoms with E-state index in [0.29, 0.717) is 0 Å². The number of carbonyl (C=O) groups excluding carboxylic acids is 1. The van der Waals surface area contributed by atoms with Gasteiger partial charge in [-0.1, -0.05) is 0 Å². The number of ether oxygens (including phenoxy) is 1. The molecule has 2 atom stereocenters. The Hall–Kier alpha value is -0.220. The second-order valence-electron chi connectivity index (χ2n) is 2.67. The molecule has 0 bridgehead atoms. The van der Waals surface area contributed by atoms with Gasteiger partial charge in [0, 0.05) is 6.04 Å². The van der Waals surface area contributed by atoms with Crippen molar-refractivity contribution in [3.63, 3.8) is 0 Å². The third-order valence-corrected chi connectivity index (χ3v) is 2.49. The monoisotopic (exact) mass is 175 g/mol. The molecule has 0 amide bonds. The van der Waals surface area contributed by atoms with Gasteiger partial charge < -0.3 is 10.1 Å². The minimum atomic E-state index is -0.303. The van der Waals surface area contributed by atoms with Gasteiger partial charge in [0.25, 0.3) is 0 Å². The molecular formula is C7H13NO2S. The molecule has 1 fully saturated rings. The Balaban J connectivity index is 2.39. The van der Waals surface area contributed by atoms with Crippen LogP contribution in [0.1, 0.15) is 12.8 Å². The fourth-order valence-corrected chi connectivity index (χ4v) is 1.63. The lowest BCUT2D eigenvalue weighted by Gasteiger charge is -2.15. The third kappa shape index (κ3) is 2.10. The average Bonchev–Trinajstić information content (AvgIpc) is 2.53. The summed E-state index contributed by atoms with van der Waals surface area (Å²) in [4.78, 5) is 11.0. The highest BCUT2D eigenvalue weighted by atomic mass is 32.1. The van der Waals surface area contributed by atoms with Crippen molar-refractivity contribution in [1.82, 2.24) is 5.32 Å². The van der Waals surface area contributed by atoms with Crippen LogP contribution in [-0.4, -0.2) is 30.9 Å². The highest BCUT2D eigenvalue weighted by Gasteiger charge is 2.27. The van der Waals surface area contributed by atoms with Crippen LogP contribution in [0.5, 0.6) is 0 Å². The molecule has 0 spiro atoms. The number of nitrogens with one attached hydrogen (secondary N) is 1. The van der Waals surface area contributed by atoms with Gasteiger partial charge in [0.2, 0.25) is 0 Å². The molecule has 64 valence electrons. The summed E-state index contributed by atoms with van der Waals surface area (Å²) >= 11 is 4.16. The van der Waals surface area contributed by atoms with Crippen LogP contribution >= 0.6 is 12.6 Å². The topological polar surface area (TPSA) is 38.3 Å². The Kier molecular flexibility index (Phi) is 3.20. The summed E-state index contributed by atoms with van der Waals surface area (Å²) in [6.07, 6.45) is 2.14. The van der Waals surface area contributed by atoms with Gasteiger partial charge in [0.15, 0.2) is 0 Å². The Morgan fingerprint density at radius 1 is 1.82 bits per heavy atom. The molecule has 1 heterocycles. The van der Waals surface area contributed by atoms with Crippen LogP contribution in [0.25, 0.3) is 0 Å². The van der Waals surface area contributed by atoms with Gasteiger partial charge in [-0.3, -0.25) is 4.79 Å². The van der Waals surface area contributed by atoms with Crippen LogP contribution in [-0.2, 0) is 9.53 Å².